The third-order valence-corrected chi connectivity index (χ3v) is 3.23. The first kappa shape index (κ1) is 13.4. The number of aryl methyl sites for hydroxylation is 1. The molecule has 3 rings (SSSR count). The summed E-state index contributed by atoms with van der Waals surface area (Å²) in [5.74, 6) is 1.38. The Morgan fingerprint density at radius 1 is 1.14 bits per heavy atom. The second kappa shape index (κ2) is 5.42. The predicted octanol–water partition coefficient (Wildman–Crippen LogP) is 3.41. The number of nitrogens with zero attached hydrogens (tertiary/aromatic N) is 1. The lowest BCUT2D eigenvalue weighted by Gasteiger charge is -2.11. The van der Waals surface area contributed by atoms with Crippen LogP contribution in [0.1, 0.15) is 11.3 Å². The quantitative estimate of drug-likeness (QED) is 0.721. The van der Waals surface area contributed by atoms with Crippen molar-refractivity contribution in [3.05, 3.63) is 59.8 Å². The van der Waals surface area contributed by atoms with Gasteiger partial charge in [-0.3, -0.25) is 4.98 Å². The van der Waals surface area contributed by atoms with Gasteiger partial charge in [-0.15, -0.1) is 0 Å². The smallest absolute Gasteiger partial charge is 0.138 e. The summed E-state index contributed by atoms with van der Waals surface area (Å²) >= 11 is 0. The van der Waals surface area contributed by atoms with Crippen molar-refractivity contribution in [1.29, 1.82) is 0 Å². The first-order valence-corrected chi connectivity index (χ1v) is 6.70. The number of nitrogen functional groups attached to an aromatic ring is 1. The molecule has 1 aromatic heterocycles. The highest BCUT2D eigenvalue weighted by atomic mass is 16.5. The fraction of sp³-hybridized carbons (Fsp3) is 0.118. The topological polar surface area (TPSA) is 68.4 Å². The Balaban J connectivity index is 2.08. The van der Waals surface area contributed by atoms with Gasteiger partial charge in [0, 0.05) is 22.8 Å². The number of aliphatic hydroxyl groups excluding tert-OH is 1. The van der Waals surface area contributed by atoms with Gasteiger partial charge in [-0.1, -0.05) is 12.1 Å². The summed E-state index contributed by atoms with van der Waals surface area (Å²) in [4.78, 5) is 4.48. The molecule has 2 aromatic carbocycles. The normalized spacial score (nSPS) is 10.8. The molecule has 0 spiro atoms. The maximum atomic E-state index is 9.20. The molecule has 0 saturated heterocycles. The highest BCUT2D eigenvalue weighted by Gasteiger charge is 2.07. The van der Waals surface area contributed by atoms with Crippen LogP contribution in [0.3, 0.4) is 0 Å². The maximum Gasteiger partial charge on any atom is 0.138 e. The van der Waals surface area contributed by atoms with E-state index in [1.807, 2.05) is 55.5 Å². The zero-order valence-corrected chi connectivity index (χ0v) is 11.7. The monoisotopic (exact) mass is 280 g/mol. The van der Waals surface area contributed by atoms with Crippen molar-refractivity contribution in [2.24, 2.45) is 0 Å². The van der Waals surface area contributed by atoms with Crippen LogP contribution in [0.4, 0.5) is 5.69 Å². The zero-order chi connectivity index (χ0) is 14.8. The predicted molar refractivity (Wildman–Crippen MR) is 83.3 cm³/mol. The zero-order valence-electron chi connectivity index (χ0n) is 11.7. The van der Waals surface area contributed by atoms with Crippen LogP contribution in [0.25, 0.3) is 10.9 Å². The van der Waals surface area contributed by atoms with Crippen LogP contribution in [0.2, 0.25) is 0 Å². The molecule has 4 heteroatoms. The molecular formula is C17H16N2O2. The molecule has 1 heterocycles. The molecular weight excluding hydrogens is 264 g/mol. The number of fused-ring (bicyclic) bond motifs is 1. The van der Waals surface area contributed by atoms with E-state index in [4.69, 9.17) is 10.5 Å². The molecule has 3 aromatic rings. The van der Waals surface area contributed by atoms with Crippen molar-refractivity contribution in [3.63, 3.8) is 0 Å². The van der Waals surface area contributed by atoms with Crippen LogP contribution in [-0.2, 0) is 6.61 Å². The van der Waals surface area contributed by atoms with Crippen LogP contribution in [0.15, 0.2) is 48.5 Å². The Hall–Kier alpha value is -2.59. The Morgan fingerprint density at radius 2 is 2.00 bits per heavy atom. The second-order valence-corrected chi connectivity index (χ2v) is 4.95. The van der Waals surface area contributed by atoms with Crippen molar-refractivity contribution in [3.8, 4) is 11.5 Å². The molecule has 21 heavy (non-hydrogen) atoms. The number of benzene rings is 2. The summed E-state index contributed by atoms with van der Waals surface area (Å²) in [6, 6.07) is 14.8. The third kappa shape index (κ3) is 2.80. The number of pyridine rings is 1. The minimum Gasteiger partial charge on any atom is -0.457 e. The summed E-state index contributed by atoms with van der Waals surface area (Å²) in [5.41, 5.74) is 9.05. The van der Waals surface area contributed by atoms with Crippen molar-refractivity contribution < 1.29 is 9.84 Å². The molecule has 0 fully saturated rings. The van der Waals surface area contributed by atoms with E-state index in [2.05, 4.69) is 4.98 Å². The largest absolute Gasteiger partial charge is 0.457 e. The molecule has 0 unspecified atom stereocenters. The lowest BCUT2D eigenvalue weighted by Crippen LogP contribution is -1.93. The average molecular weight is 280 g/mol. The Labute approximate surface area is 122 Å². The lowest BCUT2D eigenvalue weighted by atomic mass is 10.1. The van der Waals surface area contributed by atoms with E-state index < -0.39 is 0 Å². The number of nitrogens with two attached hydrogens (primary N) is 1. The van der Waals surface area contributed by atoms with Gasteiger partial charge in [0.1, 0.15) is 11.5 Å². The molecule has 0 aliphatic rings. The first-order valence-electron chi connectivity index (χ1n) is 6.70. The summed E-state index contributed by atoms with van der Waals surface area (Å²) in [7, 11) is 0. The fourth-order valence-corrected chi connectivity index (χ4v) is 2.26. The molecule has 4 nitrogen and oxygen atoms in total. The Bertz CT molecular complexity index is 800. The molecule has 0 atom stereocenters. The summed E-state index contributed by atoms with van der Waals surface area (Å²) < 4.78 is 5.96. The van der Waals surface area contributed by atoms with Crippen LogP contribution >= 0.6 is 0 Å². The number of aromatic nitrogens is 1. The van der Waals surface area contributed by atoms with E-state index in [-0.39, 0.29) is 6.61 Å². The van der Waals surface area contributed by atoms with Gasteiger partial charge in [0.05, 0.1) is 12.1 Å². The molecule has 0 amide bonds. The van der Waals surface area contributed by atoms with Gasteiger partial charge in [0.15, 0.2) is 0 Å². The minimum atomic E-state index is -0.0136. The van der Waals surface area contributed by atoms with Gasteiger partial charge in [-0.25, -0.2) is 0 Å². The number of ether oxygens (including phenoxy) is 1. The fourth-order valence-electron chi connectivity index (χ4n) is 2.26. The molecule has 0 bridgehead atoms. The SMILES string of the molecule is Cc1cc(Oc2cccc(CO)c2)c2cc(N)ccc2n1. The van der Waals surface area contributed by atoms with Crippen LogP contribution in [0.5, 0.6) is 11.5 Å². The van der Waals surface area contributed by atoms with Crippen molar-refractivity contribution in [2.45, 2.75) is 13.5 Å². The Kier molecular flexibility index (Phi) is 3.46. The number of hydrogen-bond donors (Lipinski definition) is 2. The average Bonchev–Trinajstić information content (AvgIpc) is 2.48. The standard InChI is InChI=1S/C17H16N2O2/c1-11-7-17(15-9-13(18)5-6-16(15)19-11)21-14-4-2-3-12(8-14)10-20/h2-9,20H,10,18H2,1H3. The van der Waals surface area contributed by atoms with Gasteiger partial charge >= 0.3 is 0 Å². The van der Waals surface area contributed by atoms with E-state index in [9.17, 15) is 5.11 Å². The third-order valence-electron chi connectivity index (χ3n) is 3.23. The van der Waals surface area contributed by atoms with Gasteiger partial charge in [0.25, 0.3) is 0 Å². The molecule has 0 radical (unpaired) electrons. The van der Waals surface area contributed by atoms with Crippen molar-refractivity contribution in [2.75, 3.05) is 5.73 Å². The molecule has 0 aliphatic heterocycles. The van der Waals surface area contributed by atoms with Crippen LogP contribution in [0, 0.1) is 6.92 Å². The van der Waals surface area contributed by atoms with Gasteiger partial charge in [-0.2, -0.15) is 0 Å². The highest BCUT2D eigenvalue weighted by molar-refractivity contribution is 5.88. The van der Waals surface area contributed by atoms with Crippen molar-refractivity contribution >= 4 is 16.6 Å². The molecule has 0 saturated carbocycles. The number of aliphatic hydroxyl groups is 1. The van der Waals surface area contributed by atoms with E-state index in [0.717, 1.165) is 22.2 Å². The van der Waals surface area contributed by atoms with Gasteiger partial charge in [0.2, 0.25) is 0 Å². The number of hydrogen-bond acceptors (Lipinski definition) is 4. The molecule has 3 N–H and O–H groups in total. The molecule has 0 aliphatic carbocycles. The summed E-state index contributed by atoms with van der Waals surface area (Å²) in [5, 5.41) is 10.1. The number of anilines is 1. The van der Waals surface area contributed by atoms with Crippen LogP contribution < -0.4 is 10.5 Å². The van der Waals surface area contributed by atoms with Gasteiger partial charge < -0.3 is 15.6 Å². The Morgan fingerprint density at radius 3 is 2.81 bits per heavy atom. The van der Waals surface area contributed by atoms with Crippen LogP contribution in [-0.4, -0.2) is 10.1 Å². The lowest BCUT2D eigenvalue weighted by molar-refractivity contribution is 0.281. The number of rotatable bonds is 3. The van der Waals surface area contributed by atoms with Crippen molar-refractivity contribution in [1.82, 2.24) is 4.98 Å². The van der Waals surface area contributed by atoms with Gasteiger partial charge in [-0.05, 0) is 42.8 Å². The second-order valence-electron chi connectivity index (χ2n) is 4.95. The summed E-state index contributed by atoms with van der Waals surface area (Å²) in [6.07, 6.45) is 0. The maximum absolute atomic E-state index is 9.20. The van der Waals surface area contributed by atoms with E-state index in [0.29, 0.717) is 17.2 Å². The minimum absolute atomic E-state index is 0.0136. The van der Waals surface area contributed by atoms with E-state index in [1.54, 1.807) is 0 Å². The summed E-state index contributed by atoms with van der Waals surface area (Å²) in [6.45, 7) is 1.91. The molecule has 106 valence electrons. The highest BCUT2D eigenvalue weighted by Crippen LogP contribution is 2.31. The van der Waals surface area contributed by atoms with E-state index >= 15 is 0 Å². The van der Waals surface area contributed by atoms with E-state index in [1.165, 1.54) is 0 Å². The first-order chi connectivity index (χ1) is 10.2.